The minimum Gasteiger partial charge on any atom is -0.497 e. The Labute approximate surface area is 143 Å². The third-order valence-electron chi connectivity index (χ3n) is 2.87. The zero-order chi connectivity index (χ0) is 16.9. The zero-order valence-corrected chi connectivity index (χ0v) is 14.6. The summed E-state index contributed by atoms with van der Waals surface area (Å²) >= 11 is 6.92. The minimum absolute atomic E-state index is 0.0825. The first-order chi connectivity index (χ1) is 10.9. The summed E-state index contributed by atoms with van der Waals surface area (Å²) in [6.07, 6.45) is 0. The van der Waals surface area contributed by atoms with Gasteiger partial charge in [-0.05, 0) is 36.4 Å². The van der Waals surface area contributed by atoms with Gasteiger partial charge in [0.25, 0.3) is 5.91 Å². The summed E-state index contributed by atoms with van der Waals surface area (Å²) in [4.78, 5) is 12.4. The van der Waals surface area contributed by atoms with E-state index in [4.69, 9.17) is 16.3 Å². The predicted molar refractivity (Wildman–Crippen MR) is 89.8 cm³/mol. The lowest BCUT2D eigenvalue weighted by Crippen LogP contribution is -2.34. The lowest BCUT2D eigenvalue weighted by Gasteiger charge is -2.08. The number of thiophene rings is 1. The Morgan fingerprint density at radius 2 is 1.87 bits per heavy atom. The molecule has 0 radical (unpaired) electrons. The summed E-state index contributed by atoms with van der Waals surface area (Å²) in [5.74, 6) is 0.288. The van der Waals surface area contributed by atoms with Crippen molar-refractivity contribution in [2.75, 3.05) is 20.2 Å². The van der Waals surface area contributed by atoms with Crippen molar-refractivity contribution >= 4 is 38.9 Å². The molecule has 1 aromatic heterocycles. The molecule has 0 aliphatic heterocycles. The average Bonchev–Trinajstić information content (AvgIpc) is 2.98. The number of rotatable bonds is 7. The standard InChI is InChI=1S/C14H15ClN2O4S2/c1-21-10-2-4-11(5-3-10)23(19,20)17-9-8-16-14(18)12-6-7-13(15)22-12/h2-7,17H,8-9H2,1H3,(H,16,18). The molecule has 2 aromatic rings. The van der Waals surface area contributed by atoms with E-state index in [1.54, 1.807) is 24.3 Å². The van der Waals surface area contributed by atoms with Crippen molar-refractivity contribution < 1.29 is 17.9 Å². The first-order valence-electron chi connectivity index (χ1n) is 6.59. The first kappa shape index (κ1) is 17.7. The Morgan fingerprint density at radius 3 is 2.43 bits per heavy atom. The van der Waals surface area contributed by atoms with Crippen LogP contribution in [-0.2, 0) is 10.0 Å². The number of sulfonamides is 1. The normalized spacial score (nSPS) is 11.2. The number of carbonyl (C=O) groups excluding carboxylic acids is 1. The van der Waals surface area contributed by atoms with E-state index < -0.39 is 10.0 Å². The Bertz CT molecular complexity index is 772. The molecule has 0 aliphatic rings. The van der Waals surface area contributed by atoms with Gasteiger partial charge in [0.15, 0.2) is 0 Å². The Morgan fingerprint density at radius 1 is 1.17 bits per heavy atom. The van der Waals surface area contributed by atoms with E-state index in [1.165, 1.54) is 19.2 Å². The second kappa shape index (κ2) is 7.78. The van der Waals surface area contributed by atoms with Gasteiger partial charge in [0.1, 0.15) is 5.75 Å². The number of halogens is 1. The molecule has 1 heterocycles. The first-order valence-corrected chi connectivity index (χ1v) is 9.27. The van der Waals surface area contributed by atoms with E-state index in [2.05, 4.69) is 10.0 Å². The molecule has 0 aliphatic carbocycles. The molecule has 0 spiro atoms. The fraction of sp³-hybridized carbons (Fsp3) is 0.214. The van der Waals surface area contributed by atoms with E-state index in [-0.39, 0.29) is 23.9 Å². The van der Waals surface area contributed by atoms with Gasteiger partial charge < -0.3 is 10.1 Å². The van der Waals surface area contributed by atoms with Crippen LogP contribution in [-0.4, -0.2) is 34.5 Å². The molecule has 2 N–H and O–H groups in total. The van der Waals surface area contributed by atoms with Crippen molar-refractivity contribution in [2.24, 2.45) is 0 Å². The molecule has 0 saturated carbocycles. The number of hydrogen-bond donors (Lipinski definition) is 2. The van der Waals surface area contributed by atoms with Gasteiger partial charge in [0.2, 0.25) is 10.0 Å². The van der Waals surface area contributed by atoms with Gasteiger partial charge in [-0.1, -0.05) is 11.6 Å². The molecule has 0 saturated heterocycles. The second-order valence-electron chi connectivity index (χ2n) is 4.43. The predicted octanol–water partition coefficient (Wildman–Crippen LogP) is 2.12. The highest BCUT2D eigenvalue weighted by Crippen LogP contribution is 2.21. The zero-order valence-electron chi connectivity index (χ0n) is 12.2. The molecule has 0 bridgehead atoms. The lowest BCUT2D eigenvalue weighted by atomic mass is 10.3. The van der Waals surface area contributed by atoms with E-state index in [0.29, 0.717) is 15.0 Å². The van der Waals surface area contributed by atoms with Gasteiger partial charge in [-0.3, -0.25) is 4.79 Å². The Balaban J connectivity index is 1.83. The number of hydrogen-bond acceptors (Lipinski definition) is 5. The van der Waals surface area contributed by atoms with Crippen LogP contribution >= 0.6 is 22.9 Å². The van der Waals surface area contributed by atoms with Crippen LogP contribution in [0.5, 0.6) is 5.75 Å². The molecule has 6 nitrogen and oxygen atoms in total. The van der Waals surface area contributed by atoms with E-state index in [9.17, 15) is 13.2 Å². The van der Waals surface area contributed by atoms with Gasteiger partial charge in [-0.15, -0.1) is 11.3 Å². The SMILES string of the molecule is COc1ccc(S(=O)(=O)NCCNC(=O)c2ccc(Cl)s2)cc1. The van der Waals surface area contributed by atoms with Crippen molar-refractivity contribution in [1.29, 1.82) is 0 Å². The summed E-state index contributed by atoms with van der Waals surface area (Å²) in [7, 11) is -2.11. The average molecular weight is 375 g/mol. The summed E-state index contributed by atoms with van der Waals surface area (Å²) < 4.78 is 32.1. The van der Waals surface area contributed by atoms with Crippen LogP contribution < -0.4 is 14.8 Å². The highest BCUT2D eigenvalue weighted by atomic mass is 35.5. The van der Waals surface area contributed by atoms with Gasteiger partial charge in [-0.2, -0.15) is 0 Å². The van der Waals surface area contributed by atoms with Crippen LogP contribution in [0.15, 0.2) is 41.3 Å². The maximum absolute atomic E-state index is 12.1. The Hall–Kier alpha value is -1.61. The van der Waals surface area contributed by atoms with E-state index in [0.717, 1.165) is 11.3 Å². The molecular formula is C14H15ClN2O4S2. The van der Waals surface area contributed by atoms with E-state index >= 15 is 0 Å². The highest BCUT2D eigenvalue weighted by molar-refractivity contribution is 7.89. The number of methoxy groups -OCH3 is 1. The molecule has 0 fully saturated rings. The maximum Gasteiger partial charge on any atom is 0.261 e. The summed E-state index contributed by atoms with van der Waals surface area (Å²) in [6.45, 7) is 0.253. The number of benzene rings is 1. The summed E-state index contributed by atoms with van der Waals surface area (Å²) in [5.41, 5.74) is 0. The summed E-state index contributed by atoms with van der Waals surface area (Å²) in [6, 6.07) is 9.28. The molecule has 23 heavy (non-hydrogen) atoms. The topological polar surface area (TPSA) is 84.5 Å². The number of carbonyl (C=O) groups is 1. The monoisotopic (exact) mass is 374 g/mol. The van der Waals surface area contributed by atoms with Crippen LogP contribution in [0.2, 0.25) is 4.34 Å². The van der Waals surface area contributed by atoms with Gasteiger partial charge in [0.05, 0.1) is 21.2 Å². The summed E-state index contributed by atoms with van der Waals surface area (Å²) in [5, 5.41) is 2.62. The number of ether oxygens (including phenoxy) is 1. The van der Waals surface area contributed by atoms with Crippen molar-refractivity contribution in [3.8, 4) is 5.75 Å². The van der Waals surface area contributed by atoms with Gasteiger partial charge >= 0.3 is 0 Å². The number of nitrogens with one attached hydrogen (secondary N) is 2. The van der Waals surface area contributed by atoms with Crippen molar-refractivity contribution in [1.82, 2.24) is 10.0 Å². The molecule has 1 amide bonds. The van der Waals surface area contributed by atoms with Crippen LogP contribution in [0.1, 0.15) is 9.67 Å². The minimum atomic E-state index is -3.62. The van der Waals surface area contributed by atoms with Gasteiger partial charge in [0, 0.05) is 13.1 Å². The van der Waals surface area contributed by atoms with Gasteiger partial charge in [-0.25, -0.2) is 13.1 Å². The largest absolute Gasteiger partial charge is 0.497 e. The molecule has 0 unspecified atom stereocenters. The van der Waals surface area contributed by atoms with Crippen molar-refractivity contribution in [2.45, 2.75) is 4.90 Å². The van der Waals surface area contributed by atoms with Crippen LogP contribution in [0.4, 0.5) is 0 Å². The molecule has 1 aromatic carbocycles. The second-order valence-corrected chi connectivity index (χ2v) is 7.91. The van der Waals surface area contributed by atoms with Crippen LogP contribution in [0, 0.1) is 0 Å². The molecule has 124 valence electrons. The number of amides is 1. The van der Waals surface area contributed by atoms with Crippen LogP contribution in [0.25, 0.3) is 0 Å². The fourth-order valence-electron chi connectivity index (χ4n) is 1.72. The third-order valence-corrected chi connectivity index (χ3v) is 5.58. The molecular weight excluding hydrogens is 360 g/mol. The fourth-order valence-corrected chi connectivity index (χ4v) is 3.71. The Kier molecular flexibility index (Phi) is 6.00. The van der Waals surface area contributed by atoms with Crippen molar-refractivity contribution in [3.05, 3.63) is 45.6 Å². The highest BCUT2D eigenvalue weighted by Gasteiger charge is 2.14. The van der Waals surface area contributed by atoms with Crippen molar-refractivity contribution in [3.63, 3.8) is 0 Å². The quantitative estimate of drug-likeness (QED) is 0.727. The van der Waals surface area contributed by atoms with Crippen LogP contribution in [0.3, 0.4) is 0 Å². The maximum atomic E-state index is 12.1. The molecule has 9 heteroatoms. The molecule has 0 atom stereocenters. The van der Waals surface area contributed by atoms with E-state index in [1.807, 2.05) is 0 Å². The smallest absolute Gasteiger partial charge is 0.261 e. The molecule has 2 rings (SSSR count). The lowest BCUT2D eigenvalue weighted by molar-refractivity contribution is 0.0958. The third kappa shape index (κ3) is 4.93.